The van der Waals surface area contributed by atoms with Crippen LogP contribution in [0.15, 0.2) is 45.7 Å². The molecule has 2 heterocycles. The van der Waals surface area contributed by atoms with Gasteiger partial charge in [-0.25, -0.2) is 4.98 Å². The van der Waals surface area contributed by atoms with Gasteiger partial charge in [0.05, 0.1) is 11.1 Å². The van der Waals surface area contributed by atoms with Crippen molar-refractivity contribution in [3.8, 4) is 11.1 Å². The lowest BCUT2D eigenvalue weighted by Crippen LogP contribution is -2.35. The normalized spacial score (nSPS) is 13.8. The molecule has 2 aromatic heterocycles. The van der Waals surface area contributed by atoms with Crippen LogP contribution in [0.5, 0.6) is 0 Å². The number of nitrogens with one attached hydrogen (secondary N) is 1. The first-order valence-corrected chi connectivity index (χ1v) is 11.5. The Morgan fingerprint density at radius 3 is 2.82 bits per heavy atom. The number of rotatable bonds is 8. The van der Waals surface area contributed by atoms with Gasteiger partial charge in [0, 0.05) is 24.0 Å². The smallest absolute Gasteiger partial charge is 0.260 e. The maximum atomic E-state index is 12.7. The number of aromatic amines is 1. The number of thioether (sulfide) groups is 1. The molecular formula is C21H23N3O2S2. The highest BCUT2D eigenvalue weighted by Gasteiger charge is 2.26. The Morgan fingerprint density at radius 1 is 1.32 bits per heavy atom. The van der Waals surface area contributed by atoms with Crippen LogP contribution in [-0.2, 0) is 4.79 Å². The molecule has 1 fully saturated rings. The van der Waals surface area contributed by atoms with E-state index in [9.17, 15) is 9.59 Å². The highest BCUT2D eigenvalue weighted by atomic mass is 32.2. The number of fused-ring (bicyclic) bond motifs is 1. The molecule has 7 heteroatoms. The standard InChI is InChI=1S/C21H23N3O2S2/c1-2-10-24(11-14-8-9-14)17(25)13-28-21-22-19(26)18-16(12-27-20(18)23-21)15-6-4-3-5-7-15/h3-7,12,14H,2,8-11,13H2,1H3,(H,22,23,26). The van der Waals surface area contributed by atoms with Gasteiger partial charge in [0.1, 0.15) is 4.83 Å². The molecule has 4 rings (SSSR count). The van der Waals surface area contributed by atoms with Crippen molar-refractivity contribution in [1.29, 1.82) is 0 Å². The number of hydrogen-bond acceptors (Lipinski definition) is 5. The summed E-state index contributed by atoms with van der Waals surface area (Å²) in [7, 11) is 0. The summed E-state index contributed by atoms with van der Waals surface area (Å²) in [5.41, 5.74) is 1.76. The lowest BCUT2D eigenvalue weighted by atomic mass is 10.1. The van der Waals surface area contributed by atoms with E-state index in [2.05, 4.69) is 16.9 Å². The van der Waals surface area contributed by atoms with Crippen LogP contribution in [0.1, 0.15) is 26.2 Å². The van der Waals surface area contributed by atoms with Crippen molar-refractivity contribution >= 4 is 39.2 Å². The van der Waals surface area contributed by atoms with Crippen molar-refractivity contribution < 1.29 is 4.79 Å². The molecule has 0 bridgehead atoms. The van der Waals surface area contributed by atoms with E-state index in [1.807, 2.05) is 40.6 Å². The van der Waals surface area contributed by atoms with E-state index in [0.29, 0.717) is 27.0 Å². The van der Waals surface area contributed by atoms with E-state index in [-0.39, 0.29) is 11.5 Å². The number of aromatic nitrogens is 2. The van der Waals surface area contributed by atoms with Crippen LogP contribution < -0.4 is 5.56 Å². The van der Waals surface area contributed by atoms with E-state index < -0.39 is 0 Å². The maximum Gasteiger partial charge on any atom is 0.260 e. The number of amides is 1. The zero-order valence-electron chi connectivity index (χ0n) is 15.8. The number of H-pyrrole nitrogens is 1. The van der Waals surface area contributed by atoms with Gasteiger partial charge >= 0.3 is 0 Å². The van der Waals surface area contributed by atoms with Crippen LogP contribution in [0.25, 0.3) is 21.3 Å². The molecule has 0 unspecified atom stereocenters. The molecule has 0 spiro atoms. The number of thiophene rings is 1. The van der Waals surface area contributed by atoms with Crippen LogP contribution in [0, 0.1) is 5.92 Å². The third-order valence-corrected chi connectivity index (χ3v) is 6.59. The monoisotopic (exact) mass is 413 g/mol. The fourth-order valence-corrected chi connectivity index (χ4v) is 5.02. The molecule has 1 aliphatic carbocycles. The van der Waals surface area contributed by atoms with Crippen LogP contribution in [0.2, 0.25) is 0 Å². The molecule has 146 valence electrons. The number of benzene rings is 1. The minimum Gasteiger partial charge on any atom is -0.342 e. The van der Waals surface area contributed by atoms with E-state index >= 15 is 0 Å². The van der Waals surface area contributed by atoms with Crippen LogP contribution >= 0.6 is 23.1 Å². The van der Waals surface area contributed by atoms with Crippen molar-refractivity contribution in [2.75, 3.05) is 18.8 Å². The number of carbonyl (C=O) groups excluding carboxylic acids is 1. The fourth-order valence-electron chi connectivity index (χ4n) is 3.25. The molecule has 3 aromatic rings. The summed E-state index contributed by atoms with van der Waals surface area (Å²) >= 11 is 2.78. The molecule has 0 radical (unpaired) electrons. The summed E-state index contributed by atoms with van der Waals surface area (Å²) in [5, 5.41) is 3.10. The Morgan fingerprint density at radius 2 is 2.11 bits per heavy atom. The van der Waals surface area contributed by atoms with Crippen LogP contribution in [0.4, 0.5) is 0 Å². The summed E-state index contributed by atoms with van der Waals surface area (Å²) in [5.74, 6) is 1.10. The largest absolute Gasteiger partial charge is 0.342 e. The second kappa shape index (κ2) is 8.49. The Labute approximate surface area is 172 Å². The molecular weight excluding hydrogens is 390 g/mol. The highest BCUT2D eigenvalue weighted by molar-refractivity contribution is 7.99. The third kappa shape index (κ3) is 4.31. The number of nitrogens with zero attached hydrogens (tertiary/aromatic N) is 2. The minimum atomic E-state index is -0.150. The van der Waals surface area contributed by atoms with Gasteiger partial charge < -0.3 is 9.88 Å². The Kier molecular flexibility index (Phi) is 5.82. The molecule has 0 aliphatic heterocycles. The van der Waals surface area contributed by atoms with Gasteiger partial charge in [-0.2, -0.15) is 0 Å². The molecule has 1 N–H and O–H groups in total. The lowest BCUT2D eigenvalue weighted by molar-refractivity contribution is -0.128. The van der Waals surface area contributed by atoms with Gasteiger partial charge in [0.25, 0.3) is 5.56 Å². The van der Waals surface area contributed by atoms with Crippen LogP contribution in [-0.4, -0.2) is 39.6 Å². The van der Waals surface area contributed by atoms with Gasteiger partial charge in [0.2, 0.25) is 5.91 Å². The lowest BCUT2D eigenvalue weighted by Gasteiger charge is -2.21. The topological polar surface area (TPSA) is 66.1 Å². The third-order valence-electron chi connectivity index (χ3n) is 4.86. The average Bonchev–Trinajstić information content (AvgIpc) is 3.42. The van der Waals surface area contributed by atoms with E-state index in [4.69, 9.17) is 0 Å². The molecule has 0 saturated heterocycles. The predicted molar refractivity (Wildman–Crippen MR) is 116 cm³/mol. The van der Waals surface area contributed by atoms with Gasteiger partial charge in [-0.05, 0) is 30.7 Å². The fraction of sp³-hybridized carbons (Fsp3) is 0.381. The molecule has 28 heavy (non-hydrogen) atoms. The quantitative estimate of drug-likeness (QED) is 0.439. The van der Waals surface area contributed by atoms with Crippen LogP contribution in [0.3, 0.4) is 0 Å². The minimum absolute atomic E-state index is 0.123. The Balaban J connectivity index is 1.50. The first-order chi connectivity index (χ1) is 13.7. The Hall–Kier alpha value is -2.12. The Bertz CT molecular complexity index is 1030. The van der Waals surface area contributed by atoms with Crippen molar-refractivity contribution in [3.63, 3.8) is 0 Å². The van der Waals surface area contributed by atoms with Gasteiger partial charge in [0.15, 0.2) is 5.16 Å². The second-order valence-corrected chi connectivity index (χ2v) is 8.96. The summed E-state index contributed by atoms with van der Waals surface area (Å²) in [6.07, 6.45) is 3.42. The average molecular weight is 414 g/mol. The molecule has 5 nitrogen and oxygen atoms in total. The zero-order chi connectivity index (χ0) is 19.5. The molecule has 0 atom stereocenters. The van der Waals surface area contributed by atoms with Crippen molar-refractivity contribution in [2.24, 2.45) is 5.92 Å². The second-order valence-electron chi connectivity index (χ2n) is 7.14. The van der Waals surface area contributed by atoms with Crippen molar-refractivity contribution in [1.82, 2.24) is 14.9 Å². The van der Waals surface area contributed by atoms with Gasteiger partial charge in [-0.15, -0.1) is 11.3 Å². The summed E-state index contributed by atoms with van der Waals surface area (Å²) < 4.78 is 0. The number of carbonyl (C=O) groups is 1. The number of hydrogen-bond donors (Lipinski definition) is 1. The van der Waals surface area contributed by atoms with E-state index in [1.54, 1.807) is 0 Å². The first-order valence-electron chi connectivity index (χ1n) is 9.63. The predicted octanol–water partition coefficient (Wildman–Crippen LogP) is 4.39. The van der Waals surface area contributed by atoms with E-state index in [1.165, 1.54) is 35.9 Å². The SMILES string of the molecule is CCCN(CC1CC1)C(=O)CSc1nc2scc(-c3ccccc3)c2c(=O)[nH]1. The van der Waals surface area contributed by atoms with Gasteiger partial charge in [-0.3, -0.25) is 9.59 Å². The molecule has 1 saturated carbocycles. The molecule has 1 aliphatic rings. The summed E-state index contributed by atoms with van der Waals surface area (Å²) in [4.78, 5) is 35.4. The molecule has 1 aromatic carbocycles. The highest BCUT2D eigenvalue weighted by Crippen LogP contribution is 2.32. The van der Waals surface area contributed by atoms with Crippen molar-refractivity contribution in [2.45, 2.75) is 31.3 Å². The first kappa shape index (κ1) is 19.2. The molecule has 1 amide bonds. The summed E-state index contributed by atoms with van der Waals surface area (Å²) in [6, 6.07) is 9.85. The summed E-state index contributed by atoms with van der Waals surface area (Å²) in [6.45, 7) is 3.75. The maximum absolute atomic E-state index is 12.7. The van der Waals surface area contributed by atoms with Crippen molar-refractivity contribution in [3.05, 3.63) is 46.1 Å². The van der Waals surface area contributed by atoms with Gasteiger partial charge in [-0.1, -0.05) is 49.0 Å². The van der Waals surface area contributed by atoms with E-state index in [0.717, 1.165) is 30.6 Å². The zero-order valence-corrected chi connectivity index (χ0v) is 17.4.